The molecule has 0 bridgehead atoms. The number of carbonyl (C=O) groups is 1. The van der Waals surface area contributed by atoms with E-state index in [0.717, 1.165) is 18.8 Å². The summed E-state index contributed by atoms with van der Waals surface area (Å²) < 4.78 is 9.87. The highest BCUT2D eigenvalue weighted by Gasteiger charge is 2.24. The number of esters is 1. The number of carbonyl (C=O) groups excluding carboxylic acids is 1. The molecule has 1 saturated heterocycles. The van der Waals surface area contributed by atoms with Crippen LogP contribution in [-0.2, 0) is 11.3 Å². The molecule has 0 saturated carbocycles. The SMILES string of the molecule is COC(=O)c1ccc(CN2CC(N)C2)o1. The van der Waals surface area contributed by atoms with Crippen molar-refractivity contribution in [3.8, 4) is 0 Å². The predicted octanol–water partition coefficient (Wildman–Crippen LogP) is 0.209. The van der Waals surface area contributed by atoms with Crippen LogP contribution in [0.4, 0.5) is 0 Å². The Morgan fingerprint density at radius 1 is 1.67 bits per heavy atom. The van der Waals surface area contributed by atoms with Gasteiger partial charge < -0.3 is 14.9 Å². The molecule has 5 heteroatoms. The van der Waals surface area contributed by atoms with Crippen LogP contribution >= 0.6 is 0 Å². The van der Waals surface area contributed by atoms with E-state index in [4.69, 9.17) is 10.2 Å². The van der Waals surface area contributed by atoms with E-state index in [0.29, 0.717) is 6.54 Å². The Morgan fingerprint density at radius 2 is 2.40 bits per heavy atom. The van der Waals surface area contributed by atoms with Gasteiger partial charge in [0.2, 0.25) is 5.76 Å². The van der Waals surface area contributed by atoms with Gasteiger partial charge in [-0.25, -0.2) is 4.79 Å². The van der Waals surface area contributed by atoms with Crippen molar-refractivity contribution in [2.75, 3.05) is 20.2 Å². The second-order valence-electron chi connectivity index (χ2n) is 3.71. The third kappa shape index (κ3) is 2.19. The molecule has 1 aliphatic rings. The van der Waals surface area contributed by atoms with E-state index in [1.807, 2.05) is 0 Å². The number of hydrogen-bond donors (Lipinski definition) is 1. The summed E-state index contributed by atoms with van der Waals surface area (Å²) in [4.78, 5) is 13.3. The van der Waals surface area contributed by atoms with Crippen LogP contribution in [0.2, 0.25) is 0 Å². The number of nitrogens with two attached hydrogens (primary N) is 1. The van der Waals surface area contributed by atoms with Gasteiger partial charge >= 0.3 is 5.97 Å². The molecule has 0 spiro atoms. The van der Waals surface area contributed by atoms with Gasteiger partial charge in [-0.1, -0.05) is 0 Å². The molecule has 0 aromatic carbocycles. The largest absolute Gasteiger partial charge is 0.463 e. The summed E-state index contributed by atoms with van der Waals surface area (Å²) >= 11 is 0. The van der Waals surface area contributed by atoms with Gasteiger partial charge in [0.15, 0.2) is 0 Å². The molecule has 2 rings (SSSR count). The molecule has 1 aromatic rings. The predicted molar refractivity (Wildman–Crippen MR) is 53.3 cm³/mol. The van der Waals surface area contributed by atoms with Gasteiger partial charge in [0, 0.05) is 19.1 Å². The maximum atomic E-state index is 11.1. The first-order valence-corrected chi connectivity index (χ1v) is 4.84. The molecular formula is C10H14N2O3. The zero-order chi connectivity index (χ0) is 10.8. The molecule has 0 radical (unpaired) electrons. The molecule has 0 amide bonds. The van der Waals surface area contributed by atoms with E-state index in [-0.39, 0.29) is 11.8 Å². The monoisotopic (exact) mass is 210 g/mol. The Labute approximate surface area is 87.8 Å². The molecule has 1 fully saturated rings. The first-order valence-electron chi connectivity index (χ1n) is 4.84. The van der Waals surface area contributed by atoms with E-state index >= 15 is 0 Å². The lowest BCUT2D eigenvalue weighted by atomic mass is 10.1. The van der Waals surface area contributed by atoms with E-state index in [9.17, 15) is 4.79 Å². The number of rotatable bonds is 3. The first kappa shape index (κ1) is 10.2. The summed E-state index contributed by atoms with van der Waals surface area (Å²) in [7, 11) is 1.33. The van der Waals surface area contributed by atoms with Crippen molar-refractivity contribution in [2.24, 2.45) is 5.73 Å². The maximum Gasteiger partial charge on any atom is 0.373 e. The van der Waals surface area contributed by atoms with Crippen LogP contribution in [0.5, 0.6) is 0 Å². The van der Waals surface area contributed by atoms with Crippen molar-refractivity contribution >= 4 is 5.97 Å². The number of furan rings is 1. The van der Waals surface area contributed by atoms with Gasteiger partial charge in [0.1, 0.15) is 5.76 Å². The van der Waals surface area contributed by atoms with E-state index in [1.165, 1.54) is 7.11 Å². The van der Waals surface area contributed by atoms with Crippen molar-refractivity contribution in [2.45, 2.75) is 12.6 Å². The van der Waals surface area contributed by atoms with Crippen molar-refractivity contribution < 1.29 is 13.9 Å². The maximum absolute atomic E-state index is 11.1. The zero-order valence-corrected chi connectivity index (χ0v) is 8.60. The van der Waals surface area contributed by atoms with Gasteiger partial charge in [0.05, 0.1) is 13.7 Å². The molecule has 82 valence electrons. The molecule has 0 aliphatic carbocycles. The lowest BCUT2D eigenvalue weighted by Gasteiger charge is -2.35. The lowest BCUT2D eigenvalue weighted by Crippen LogP contribution is -2.54. The zero-order valence-electron chi connectivity index (χ0n) is 8.60. The van der Waals surface area contributed by atoms with Crippen LogP contribution in [0.15, 0.2) is 16.5 Å². The van der Waals surface area contributed by atoms with Gasteiger partial charge in [-0.15, -0.1) is 0 Å². The summed E-state index contributed by atoms with van der Waals surface area (Å²) in [5.41, 5.74) is 5.65. The average molecular weight is 210 g/mol. The fourth-order valence-electron chi connectivity index (χ4n) is 1.63. The van der Waals surface area contributed by atoms with Gasteiger partial charge in [-0.2, -0.15) is 0 Å². The Bertz CT molecular complexity index is 355. The van der Waals surface area contributed by atoms with E-state index < -0.39 is 5.97 Å². The normalized spacial score (nSPS) is 17.5. The molecule has 0 atom stereocenters. The minimum absolute atomic E-state index is 0.248. The molecule has 2 heterocycles. The molecule has 0 unspecified atom stereocenters. The Kier molecular flexibility index (Phi) is 2.75. The second kappa shape index (κ2) is 4.04. The first-order chi connectivity index (χ1) is 7.19. The number of hydrogen-bond acceptors (Lipinski definition) is 5. The molecule has 1 aromatic heterocycles. The Morgan fingerprint density at radius 3 is 3.00 bits per heavy atom. The highest BCUT2D eigenvalue weighted by molar-refractivity contribution is 5.86. The fraction of sp³-hybridized carbons (Fsp3) is 0.500. The van der Waals surface area contributed by atoms with Crippen LogP contribution < -0.4 is 5.73 Å². The number of likely N-dealkylation sites (tertiary alicyclic amines) is 1. The van der Waals surface area contributed by atoms with Crippen LogP contribution in [0, 0.1) is 0 Å². The van der Waals surface area contributed by atoms with Gasteiger partial charge in [0.25, 0.3) is 0 Å². The quantitative estimate of drug-likeness (QED) is 0.722. The topological polar surface area (TPSA) is 68.7 Å². The molecule has 15 heavy (non-hydrogen) atoms. The van der Waals surface area contributed by atoms with Crippen molar-refractivity contribution in [1.29, 1.82) is 0 Å². The van der Waals surface area contributed by atoms with Crippen molar-refractivity contribution in [3.05, 3.63) is 23.7 Å². The Balaban J connectivity index is 1.92. The van der Waals surface area contributed by atoms with Crippen molar-refractivity contribution in [1.82, 2.24) is 4.90 Å². The molecular weight excluding hydrogens is 196 g/mol. The minimum atomic E-state index is -0.443. The van der Waals surface area contributed by atoms with E-state index in [2.05, 4.69) is 9.64 Å². The summed E-state index contributed by atoms with van der Waals surface area (Å²) in [6.07, 6.45) is 0. The Hall–Kier alpha value is -1.33. The van der Waals surface area contributed by atoms with Crippen molar-refractivity contribution in [3.63, 3.8) is 0 Å². The standard InChI is InChI=1S/C10H14N2O3/c1-14-10(13)9-3-2-8(15-9)6-12-4-7(11)5-12/h2-3,7H,4-6,11H2,1H3. The highest BCUT2D eigenvalue weighted by atomic mass is 16.5. The number of methoxy groups -OCH3 is 1. The van der Waals surface area contributed by atoms with Crippen LogP contribution in [0.25, 0.3) is 0 Å². The van der Waals surface area contributed by atoms with Crippen LogP contribution in [0.3, 0.4) is 0 Å². The lowest BCUT2D eigenvalue weighted by molar-refractivity contribution is 0.0558. The van der Waals surface area contributed by atoms with Crippen LogP contribution in [0.1, 0.15) is 16.3 Å². The van der Waals surface area contributed by atoms with Gasteiger partial charge in [-0.05, 0) is 12.1 Å². The summed E-state index contributed by atoms with van der Waals surface area (Å²) in [6.45, 7) is 2.47. The summed E-state index contributed by atoms with van der Waals surface area (Å²) in [5.74, 6) is 0.571. The average Bonchev–Trinajstić information content (AvgIpc) is 2.63. The third-order valence-corrected chi connectivity index (χ3v) is 2.41. The second-order valence-corrected chi connectivity index (χ2v) is 3.71. The number of ether oxygens (including phenoxy) is 1. The van der Waals surface area contributed by atoms with Gasteiger partial charge in [-0.3, -0.25) is 4.90 Å². The number of nitrogens with zero attached hydrogens (tertiary/aromatic N) is 1. The third-order valence-electron chi connectivity index (χ3n) is 2.41. The highest BCUT2D eigenvalue weighted by Crippen LogP contribution is 2.15. The fourth-order valence-corrected chi connectivity index (χ4v) is 1.63. The molecule has 5 nitrogen and oxygen atoms in total. The summed E-state index contributed by atoms with van der Waals surface area (Å²) in [5, 5.41) is 0. The summed E-state index contributed by atoms with van der Waals surface area (Å²) in [6, 6.07) is 3.69. The minimum Gasteiger partial charge on any atom is -0.463 e. The van der Waals surface area contributed by atoms with Crippen LogP contribution in [-0.4, -0.2) is 37.1 Å². The smallest absolute Gasteiger partial charge is 0.373 e. The molecule has 1 aliphatic heterocycles. The van der Waals surface area contributed by atoms with E-state index in [1.54, 1.807) is 12.1 Å². The molecule has 2 N–H and O–H groups in total.